The Kier molecular flexibility index (Phi) is 3.79. The van der Waals surface area contributed by atoms with E-state index in [0.717, 1.165) is 13.1 Å². The molecule has 1 amide bonds. The zero-order chi connectivity index (χ0) is 14.0. The van der Waals surface area contributed by atoms with Crippen molar-refractivity contribution in [3.63, 3.8) is 0 Å². The van der Waals surface area contributed by atoms with Gasteiger partial charge >= 0.3 is 5.97 Å². The number of aromatic nitrogens is 3. The summed E-state index contributed by atoms with van der Waals surface area (Å²) in [5, 5.41) is 16.1. The van der Waals surface area contributed by atoms with Gasteiger partial charge in [0.1, 0.15) is 6.54 Å². The molecule has 0 spiro atoms. The predicted molar refractivity (Wildman–Crippen MR) is 65.8 cm³/mol. The van der Waals surface area contributed by atoms with E-state index in [1.54, 1.807) is 11.8 Å². The maximum absolute atomic E-state index is 12.1. The Morgan fingerprint density at radius 1 is 1.26 bits per heavy atom. The molecule has 1 fully saturated rings. The van der Waals surface area contributed by atoms with Crippen LogP contribution >= 0.6 is 0 Å². The average Bonchev–Trinajstić information content (AvgIpc) is 2.72. The number of carboxylic acid groups (broad SMARTS) is 1. The Hall–Kier alpha value is -1.96. The lowest BCUT2D eigenvalue weighted by molar-refractivity contribution is -0.133. The number of hydrogen-bond acceptors (Lipinski definition) is 5. The number of carbonyl (C=O) groups excluding carboxylic acids is 1. The molecule has 0 saturated carbocycles. The zero-order valence-electron chi connectivity index (χ0n) is 11.0. The Morgan fingerprint density at radius 2 is 1.89 bits per heavy atom. The van der Waals surface area contributed by atoms with Crippen molar-refractivity contribution in [2.45, 2.75) is 13.5 Å². The first kappa shape index (κ1) is 13.5. The normalized spacial score (nSPS) is 16.6. The lowest BCUT2D eigenvalue weighted by atomic mass is 10.3. The van der Waals surface area contributed by atoms with Gasteiger partial charge in [0, 0.05) is 26.2 Å². The first-order valence-electron chi connectivity index (χ1n) is 6.08. The van der Waals surface area contributed by atoms with Crippen LogP contribution in [-0.4, -0.2) is 75.0 Å². The summed E-state index contributed by atoms with van der Waals surface area (Å²) in [4.78, 5) is 26.8. The third-order valence-electron chi connectivity index (χ3n) is 3.33. The van der Waals surface area contributed by atoms with Crippen LogP contribution < -0.4 is 0 Å². The van der Waals surface area contributed by atoms with Gasteiger partial charge in [0.2, 0.25) is 5.91 Å². The number of hydrogen-bond donors (Lipinski definition) is 1. The van der Waals surface area contributed by atoms with Crippen molar-refractivity contribution in [3.05, 3.63) is 11.4 Å². The Balaban J connectivity index is 2.01. The van der Waals surface area contributed by atoms with Crippen LogP contribution in [0.4, 0.5) is 0 Å². The molecule has 2 rings (SSSR count). The van der Waals surface area contributed by atoms with Gasteiger partial charge in [-0.2, -0.15) is 0 Å². The van der Waals surface area contributed by atoms with Gasteiger partial charge in [-0.25, -0.2) is 9.48 Å². The standard InChI is InChI=1S/C11H17N5O3/c1-8-10(11(18)19)12-13-16(8)7-9(17)15-5-3-14(2)4-6-15/h3-7H2,1-2H3,(H,18,19). The van der Waals surface area contributed by atoms with E-state index in [-0.39, 0.29) is 18.1 Å². The summed E-state index contributed by atoms with van der Waals surface area (Å²) in [5.41, 5.74) is 0.293. The van der Waals surface area contributed by atoms with Crippen LogP contribution in [0.25, 0.3) is 0 Å². The fourth-order valence-electron chi connectivity index (χ4n) is 1.99. The van der Waals surface area contributed by atoms with E-state index < -0.39 is 5.97 Å². The van der Waals surface area contributed by atoms with Gasteiger partial charge in [0.25, 0.3) is 0 Å². The molecular weight excluding hydrogens is 250 g/mol. The van der Waals surface area contributed by atoms with Crippen LogP contribution in [0.15, 0.2) is 0 Å². The van der Waals surface area contributed by atoms with Gasteiger partial charge in [-0.1, -0.05) is 5.21 Å². The molecule has 8 nitrogen and oxygen atoms in total. The molecule has 0 aliphatic carbocycles. The van der Waals surface area contributed by atoms with E-state index in [4.69, 9.17) is 5.11 Å². The van der Waals surface area contributed by atoms with Gasteiger partial charge in [0.15, 0.2) is 5.69 Å². The highest BCUT2D eigenvalue weighted by Crippen LogP contribution is 2.06. The number of likely N-dealkylation sites (N-methyl/N-ethyl adjacent to an activating group) is 1. The van der Waals surface area contributed by atoms with Gasteiger partial charge in [-0.15, -0.1) is 5.10 Å². The lowest BCUT2D eigenvalue weighted by Gasteiger charge is -2.32. The van der Waals surface area contributed by atoms with Crippen molar-refractivity contribution in [1.82, 2.24) is 24.8 Å². The quantitative estimate of drug-likeness (QED) is 0.760. The highest BCUT2D eigenvalue weighted by molar-refractivity contribution is 5.86. The van der Waals surface area contributed by atoms with Crippen molar-refractivity contribution in [2.24, 2.45) is 0 Å². The topological polar surface area (TPSA) is 91.6 Å². The smallest absolute Gasteiger partial charge is 0.358 e. The highest BCUT2D eigenvalue weighted by atomic mass is 16.4. The van der Waals surface area contributed by atoms with E-state index >= 15 is 0 Å². The van der Waals surface area contributed by atoms with Crippen LogP contribution in [0.3, 0.4) is 0 Å². The van der Waals surface area contributed by atoms with Crippen molar-refractivity contribution in [3.8, 4) is 0 Å². The summed E-state index contributed by atoms with van der Waals surface area (Å²) in [6, 6.07) is 0. The average molecular weight is 267 g/mol. The molecule has 1 aromatic rings. The number of aromatic carboxylic acids is 1. The molecule has 2 heterocycles. The molecule has 0 radical (unpaired) electrons. The molecule has 1 N–H and O–H groups in total. The number of amides is 1. The second-order valence-corrected chi connectivity index (χ2v) is 4.67. The second-order valence-electron chi connectivity index (χ2n) is 4.67. The van der Waals surface area contributed by atoms with Crippen molar-refractivity contribution < 1.29 is 14.7 Å². The van der Waals surface area contributed by atoms with Crippen LogP contribution in [-0.2, 0) is 11.3 Å². The summed E-state index contributed by atoms with van der Waals surface area (Å²) in [6.07, 6.45) is 0. The number of carboxylic acids is 1. The maximum atomic E-state index is 12.1. The molecule has 8 heteroatoms. The Labute approximate surface area is 110 Å². The molecule has 19 heavy (non-hydrogen) atoms. The van der Waals surface area contributed by atoms with E-state index in [2.05, 4.69) is 15.2 Å². The lowest BCUT2D eigenvalue weighted by Crippen LogP contribution is -2.48. The third-order valence-corrected chi connectivity index (χ3v) is 3.33. The van der Waals surface area contributed by atoms with Crippen LogP contribution in [0, 0.1) is 6.92 Å². The van der Waals surface area contributed by atoms with Crippen molar-refractivity contribution >= 4 is 11.9 Å². The van der Waals surface area contributed by atoms with E-state index in [0.29, 0.717) is 18.8 Å². The summed E-state index contributed by atoms with van der Waals surface area (Å²) >= 11 is 0. The van der Waals surface area contributed by atoms with Gasteiger partial charge in [-0.05, 0) is 14.0 Å². The molecule has 0 aromatic carbocycles. The minimum absolute atomic E-state index is 0.0375. The Morgan fingerprint density at radius 3 is 2.42 bits per heavy atom. The second kappa shape index (κ2) is 5.35. The minimum atomic E-state index is -1.13. The number of nitrogens with zero attached hydrogens (tertiary/aromatic N) is 5. The van der Waals surface area contributed by atoms with E-state index in [1.165, 1.54) is 4.68 Å². The molecule has 1 aliphatic rings. The van der Waals surface area contributed by atoms with E-state index in [9.17, 15) is 9.59 Å². The first-order chi connectivity index (χ1) is 8.99. The fraction of sp³-hybridized carbons (Fsp3) is 0.636. The van der Waals surface area contributed by atoms with Gasteiger partial charge in [-0.3, -0.25) is 4.79 Å². The summed E-state index contributed by atoms with van der Waals surface area (Å²) in [5.74, 6) is -1.19. The molecule has 1 aromatic heterocycles. The Bertz CT molecular complexity index is 491. The number of rotatable bonds is 3. The molecule has 1 aliphatic heterocycles. The zero-order valence-corrected chi connectivity index (χ0v) is 11.0. The summed E-state index contributed by atoms with van der Waals surface area (Å²) < 4.78 is 1.34. The maximum Gasteiger partial charge on any atom is 0.358 e. The molecule has 1 saturated heterocycles. The molecule has 0 atom stereocenters. The van der Waals surface area contributed by atoms with Crippen molar-refractivity contribution in [2.75, 3.05) is 33.2 Å². The number of carbonyl (C=O) groups is 2. The SMILES string of the molecule is Cc1c(C(=O)O)nnn1CC(=O)N1CCN(C)CC1. The highest BCUT2D eigenvalue weighted by Gasteiger charge is 2.22. The largest absolute Gasteiger partial charge is 0.476 e. The minimum Gasteiger partial charge on any atom is -0.476 e. The van der Waals surface area contributed by atoms with E-state index in [1.807, 2.05) is 7.05 Å². The summed E-state index contributed by atoms with van der Waals surface area (Å²) in [6.45, 7) is 4.71. The van der Waals surface area contributed by atoms with Crippen LogP contribution in [0.5, 0.6) is 0 Å². The predicted octanol–water partition coefficient (Wildman–Crippen LogP) is -0.941. The van der Waals surface area contributed by atoms with Gasteiger partial charge in [0.05, 0.1) is 5.69 Å². The van der Waals surface area contributed by atoms with Crippen molar-refractivity contribution in [1.29, 1.82) is 0 Å². The number of piperazine rings is 1. The first-order valence-corrected chi connectivity index (χ1v) is 6.08. The molecular formula is C11H17N5O3. The monoisotopic (exact) mass is 267 g/mol. The third kappa shape index (κ3) is 2.90. The summed E-state index contributed by atoms with van der Waals surface area (Å²) in [7, 11) is 2.02. The van der Waals surface area contributed by atoms with Gasteiger partial charge < -0.3 is 14.9 Å². The van der Waals surface area contributed by atoms with Crippen LogP contribution in [0.2, 0.25) is 0 Å². The molecule has 0 bridgehead atoms. The molecule has 0 unspecified atom stereocenters. The molecule has 104 valence electrons. The fourth-order valence-corrected chi connectivity index (χ4v) is 1.99. The van der Waals surface area contributed by atoms with Crippen LogP contribution in [0.1, 0.15) is 16.2 Å².